The fourth-order valence-corrected chi connectivity index (χ4v) is 3.88. The number of nitrogens with one attached hydrogen (secondary N) is 1. The number of hydrogen-bond donors (Lipinski definition) is 1. The minimum Gasteiger partial charge on any atom is -0.305 e. The summed E-state index contributed by atoms with van der Waals surface area (Å²) >= 11 is 12.8. The minimum atomic E-state index is 0.346. The van der Waals surface area contributed by atoms with Crippen LogP contribution >= 0.6 is 50.2 Å². The molecule has 0 saturated carbocycles. The Morgan fingerprint density at radius 2 is 2.12 bits per heavy atom. The van der Waals surface area contributed by atoms with Gasteiger partial charge in [0.25, 0.3) is 0 Å². The van der Waals surface area contributed by atoms with Gasteiger partial charge < -0.3 is 5.32 Å². The van der Waals surface area contributed by atoms with E-state index in [1.807, 2.05) is 6.07 Å². The number of thiophene rings is 2. The molecule has 0 aromatic carbocycles. The van der Waals surface area contributed by atoms with Crippen LogP contribution in [0.5, 0.6) is 0 Å². The first-order valence-corrected chi connectivity index (χ1v) is 7.68. The maximum atomic E-state index is 5.91. The van der Waals surface area contributed by atoms with Crippen molar-refractivity contribution in [1.82, 2.24) is 5.32 Å². The highest BCUT2D eigenvalue weighted by Gasteiger charge is 2.08. The summed E-state index contributed by atoms with van der Waals surface area (Å²) in [7, 11) is 0. The number of hydrogen-bond acceptors (Lipinski definition) is 3. The van der Waals surface area contributed by atoms with E-state index in [2.05, 4.69) is 46.4 Å². The van der Waals surface area contributed by atoms with Crippen LogP contribution in [0.4, 0.5) is 0 Å². The molecule has 1 N–H and O–H groups in total. The molecule has 2 rings (SSSR count). The van der Waals surface area contributed by atoms with Gasteiger partial charge in [0, 0.05) is 22.3 Å². The Bertz CT molecular complexity index is 466. The maximum Gasteiger partial charge on any atom is 0.0931 e. The van der Waals surface area contributed by atoms with Crippen LogP contribution < -0.4 is 5.32 Å². The minimum absolute atomic E-state index is 0.346. The lowest BCUT2D eigenvalue weighted by atomic mass is 10.3. The van der Waals surface area contributed by atoms with Crippen molar-refractivity contribution in [2.75, 3.05) is 0 Å². The summed E-state index contributed by atoms with van der Waals surface area (Å²) in [6.45, 7) is 3.05. The normalized spacial score (nSPS) is 12.9. The van der Waals surface area contributed by atoms with Crippen LogP contribution in [0, 0.1) is 0 Å². The van der Waals surface area contributed by atoms with Crippen LogP contribution in [0.1, 0.15) is 22.7 Å². The fourth-order valence-electron chi connectivity index (χ4n) is 1.36. The Balaban J connectivity index is 1.91. The van der Waals surface area contributed by atoms with Gasteiger partial charge in [-0.05, 0) is 47.1 Å². The van der Waals surface area contributed by atoms with Gasteiger partial charge in [0.1, 0.15) is 0 Å². The van der Waals surface area contributed by atoms with Crippen molar-refractivity contribution in [1.29, 1.82) is 0 Å². The van der Waals surface area contributed by atoms with E-state index in [9.17, 15) is 0 Å². The number of rotatable bonds is 4. The molecule has 2 aromatic rings. The van der Waals surface area contributed by atoms with Gasteiger partial charge in [0.2, 0.25) is 0 Å². The predicted molar refractivity (Wildman–Crippen MR) is 76.6 cm³/mol. The average Bonchev–Trinajstić information content (AvgIpc) is 2.84. The van der Waals surface area contributed by atoms with Gasteiger partial charge in [-0.3, -0.25) is 0 Å². The third-order valence-electron chi connectivity index (χ3n) is 2.23. The maximum absolute atomic E-state index is 5.91. The Morgan fingerprint density at radius 1 is 1.31 bits per heavy atom. The summed E-state index contributed by atoms with van der Waals surface area (Å²) in [6.07, 6.45) is 0. The first kappa shape index (κ1) is 12.6. The van der Waals surface area contributed by atoms with Crippen molar-refractivity contribution in [3.8, 4) is 0 Å². The molecule has 2 heterocycles. The average molecular weight is 337 g/mol. The van der Waals surface area contributed by atoms with Gasteiger partial charge >= 0.3 is 0 Å². The summed E-state index contributed by atoms with van der Waals surface area (Å²) in [4.78, 5) is 2.61. The monoisotopic (exact) mass is 335 g/mol. The summed E-state index contributed by atoms with van der Waals surface area (Å²) in [5, 5.41) is 3.48. The zero-order valence-corrected chi connectivity index (χ0v) is 12.6. The summed E-state index contributed by atoms with van der Waals surface area (Å²) in [6, 6.07) is 8.58. The lowest BCUT2D eigenvalue weighted by molar-refractivity contribution is 0.587. The van der Waals surface area contributed by atoms with Crippen molar-refractivity contribution in [2.45, 2.75) is 19.5 Å². The SMILES string of the molecule is CC(NCc1ccc(Br)s1)c1ccc(Cl)s1. The van der Waals surface area contributed by atoms with Crippen molar-refractivity contribution < 1.29 is 0 Å². The zero-order valence-electron chi connectivity index (χ0n) is 8.67. The molecule has 86 valence electrons. The Kier molecular flexibility index (Phi) is 4.44. The summed E-state index contributed by atoms with van der Waals surface area (Å²) in [5.41, 5.74) is 0. The lowest BCUT2D eigenvalue weighted by Crippen LogP contribution is -2.16. The molecule has 0 amide bonds. The highest BCUT2D eigenvalue weighted by Crippen LogP contribution is 2.27. The Labute approximate surface area is 117 Å². The third-order valence-corrected chi connectivity index (χ3v) is 5.27. The van der Waals surface area contributed by atoms with Gasteiger partial charge in [0.15, 0.2) is 0 Å². The van der Waals surface area contributed by atoms with Crippen LogP contribution in [0.15, 0.2) is 28.1 Å². The molecule has 1 nitrogen and oxygen atoms in total. The molecule has 1 unspecified atom stereocenters. The van der Waals surface area contributed by atoms with Gasteiger partial charge in [-0.1, -0.05) is 11.6 Å². The lowest BCUT2D eigenvalue weighted by Gasteiger charge is -2.10. The van der Waals surface area contributed by atoms with Gasteiger partial charge in [-0.25, -0.2) is 0 Å². The standard InChI is InChI=1S/C11H11BrClNS2/c1-7(9-3-5-11(13)16-9)14-6-8-2-4-10(12)15-8/h2-5,7,14H,6H2,1H3. The molecule has 1 atom stereocenters. The van der Waals surface area contributed by atoms with Gasteiger partial charge in [-0.2, -0.15) is 0 Å². The fraction of sp³-hybridized carbons (Fsp3) is 0.273. The molecule has 0 aliphatic carbocycles. The largest absolute Gasteiger partial charge is 0.305 e. The number of halogens is 2. The van der Waals surface area contributed by atoms with E-state index in [-0.39, 0.29) is 0 Å². The van der Waals surface area contributed by atoms with E-state index >= 15 is 0 Å². The molecular formula is C11H11BrClNS2. The Hall–Kier alpha value is 0.130. The second-order valence-corrected chi connectivity index (χ2v) is 7.74. The van der Waals surface area contributed by atoms with E-state index in [0.717, 1.165) is 10.9 Å². The van der Waals surface area contributed by atoms with Crippen LogP contribution in [0.3, 0.4) is 0 Å². The molecule has 0 radical (unpaired) electrons. The quantitative estimate of drug-likeness (QED) is 0.821. The molecule has 0 fully saturated rings. The molecule has 0 aliphatic rings. The highest BCUT2D eigenvalue weighted by molar-refractivity contribution is 9.11. The van der Waals surface area contributed by atoms with E-state index in [0.29, 0.717) is 6.04 Å². The highest BCUT2D eigenvalue weighted by atomic mass is 79.9. The molecule has 0 bridgehead atoms. The van der Waals surface area contributed by atoms with E-state index in [4.69, 9.17) is 11.6 Å². The molecule has 0 spiro atoms. The molecule has 16 heavy (non-hydrogen) atoms. The smallest absolute Gasteiger partial charge is 0.0931 e. The van der Waals surface area contributed by atoms with E-state index in [1.54, 1.807) is 22.7 Å². The van der Waals surface area contributed by atoms with Crippen molar-refractivity contribution in [3.63, 3.8) is 0 Å². The second-order valence-electron chi connectivity index (χ2n) is 3.45. The molecule has 0 saturated heterocycles. The van der Waals surface area contributed by atoms with Crippen molar-refractivity contribution in [3.05, 3.63) is 42.1 Å². The van der Waals surface area contributed by atoms with E-state index < -0.39 is 0 Å². The Morgan fingerprint density at radius 3 is 2.69 bits per heavy atom. The first-order chi connectivity index (χ1) is 7.65. The molecule has 5 heteroatoms. The van der Waals surface area contributed by atoms with Crippen molar-refractivity contribution in [2.24, 2.45) is 0 Å². The first-order valence-electron chi connectivity index (χ1n) is 4.88. The van der Waals surface area contributed by atoms with Gasteiger partial charge in [-0.15, -0.1) is 22.7 Å². The molecule has 0 aliphatic heterocycles. The van der Waals surface area contributed by atoms with Crippen molar-refractivity contribution >= 4 is 50.2 Å². The van der Waals surface area contributed by atoms with Crippen LogP contribution in [0.2, 0.25) is 4.34 Å². The van der Waals surface area contributed by atoms with Crippen LogP contribution in [-0.4, -0.2) is 0 Å². The zero-order chi connectivity index (χ0) is 11.5. The second kappa shape index (κ2) is 5.65. The van der Waals surface area contributed by atoms with Crippen LogP contribution in [-0.2, 0) is 6.54 Å². The molecule has 2 aromatic heterocycles. The van der Waals surface area contributed by atoms with Crippen LogP contribution in [0.25, 0.3) is 0 Å². The predicted octanol–water partition coefficient (Wildman–Crippen LogP) is 5.08. The molecular weight excluding hydrogens is 326 g/mol. The summed E-state index contributed by atoms with van der Waals surface area (Å²) in [5.74, 6) is 0. The van der Waals surface area contributed by atoms with E-state index in [1.165, 1.54) is 13.5 Å². The van der Waals surface area contributed by atoms with Gasteiger partial charge in [0.05, 0.1) is 8.12 Å². The topological polar surface area (TPSA) is 12.0 Å². The summed E-state index contributed by atoms with van der Waals surface area (Å²) < 4.78 is 2.03. The third kappa shape index (κ3) is 3.31.